The predicted octanol–water partition coefficient (Wildman–Crippen LogP) is 2.24. The minimum atomic E-state index is 0.303. The quantitative estimate of drug-likeness (QED) is 0.842. The van der Waals surface area contributed by atoms with Crippen LogP contribution in [-0.2, 0) is 11.3 Å². The molecule has 0 unspecified atom stereocenters. The number of nitrogens with zero attached hydrogens (tertiary/aromatic N) is 2. The van der Waals surface area contributed by atoms with Crippen LogP contribution >= 0.6 is 12.2 Å². The summed E-state index contributed by atoms with van der Waals surface area (Å²) in [5, 5.41) is 3.86. The SMILES string of the molecule is CNC(=S)N(Cc1ccc(N(C)C)cc1)C[C@@H]1CCCO1. The molecule has 1 fully saturated rings. The van der Waals surface area contributed by atoms with Gasteiger partial charge >= 0.3 is 0 Å². The van der Waals surface area contributed by atoms with E-state index in [0.717, 1.165) is 37.7 Å². The molecule has 1 N–H and O–H groups in total. The van der Waals surface area contributed by atoms with Crippen molar-refractivity contribution in [2.75, 3.05) is 39.2 Å². The second-order valence-corrected chi connectivity index (χ2v) is 6.02. The zero-order valence-corrected chi connectivity index (χ0v) is 13.9. The molecule has 0 spiro atoms. The van der Waals surface area contributed by atoms with Gasteiger partial charge in [0.1, 0.15) is 0 Å². The average Bonchev–Trinajstić information content (AvgIpc) is 2.99. The van der Waals surface area contributed by atoms with Gasteiger partial charge in [-0.2, -0.15) is 0 Å². The van der Waals surface area contributed by atoms with Gasteiger partial charge in [0.2, 0.25) is 0 Å². The third-order valence-electron chi connectivity index (χ3n) is 3.78. The summed E-state index contributed by atoms with van der Waals surface area (Å²) in [6.07, 6.45) is 2.59. The first-order chi connectivity index (χ1) is 10.1. The first-order valence-electron chi connectivity index (χ1n) is 7.44. The molecule has 21 heavy (non-hydrogen) atoms. The van der Waals surface area contributed by atoms with Gasteiger partial charge in [0.05, 0.1) is 6.10 Å². The highest BCUT2D eigenvalue weighted by atomic mass is 32.1. The van der Waals surface area contributed by atoms with Gasteiger partial charge in [0.25, 0.3) is 0 Å². The van der Waals surface area contributed by atoms with E-state index < -0.39 is 0 Å². The molecule has 0 amide bonds. The molecule has 0 radical (unpaired) electrons. The molecule has 116 valence electrons. The smallest absolute Gasteiger partial charge is 0.169 e. The molecule has 1 aromatic rings. The highest BCUT2D eigenvalue weighted by molar-refractivity contribution is 7.80. The number of hydrogen-bond acceptors (Lipinski definition) is 3. The summed E-state index contributed by atoms with van der Waals surface area (Å²) in [6, 6.07) is 8.61. The van der Waals surface area contributed by atoms with Crippen molar-refractivity contribution in [2.24, 2.45) is 0 Å². The summed E-state index contributed by atoms with van der Waals surface area (Å²) in [5.74, 6) is 0. The first-order valence-corrected chi connectivity index (χ1v) is 7.85. The monoisotopic (exact) mass is 307 g/mol. The fourth-order valence-electron chi connectivity index (χ4n) is 2.53. The zero-order chi connectivity index (χ0) is 15.2. The predicted molar refractivity (Wildman–Crippen MR) is 91.8 cm³/mol. The van der Waals surface area contributed by atoms with Gasteiger partial charge in [-0.3, -0.25) is 0 Å². The van der Waals surface area contributed by atoms with Gasteiger partial charge in [0, 0.05) is 46.5 Å². The number of ether oxygens (including phenoxy) is 1. The molecule has 1 aliphatic rings. The number of benzene rings is 1. The number of nitrogens with one attached hydrogen (secondary N) is 1. The van der Waals surface area contributed by atoms with Gasteiger partial charge in [-0.15, -0.1) is 0 Å². The first kappa shape index (κ1) is 16.0. The Hall–Kier alpha value is -1.33. The Balaban J connectivity index is 2.01. The molecule has 4 nitrogen and oxygen atoms in total. The third-order valence-corrected chi connectivity index (χ3v) is 4.24. The van der Waals surface area contributed by atoms with E-state index in [1.807, 2.05) is 7.05 Å². The van der Waals surface area contributed by atoms with Crippen molar-refractivity contribution in [1.29, 1.82) is 0 Å². The molecule has 2 rings (SSSR count). The standard InChI is InChI=1S/C16H25N3OS/c1-17-16(21)19(12-15-5-4-10-20-15)11-13-6-8-14(9-7-13)18(2)3/h6-9,15H,4-5,10-12H2,1-3H3,(H,17,21)/t15-/m0/s1. The Morgan fingerprint density at radius 3 is 2.57 bits per heavy atom. The van der Waals surface area contributed by atoms with Crippen LogP contribution < -0.4 is 10.2 Å². The number of rotatable bonds is 5. The van der Waals surface area contributed by atoms with E-state index in [9.17, 15) is 0 Å². The molecular formula is C16H25N3OS. The van der Waals surface area contributed by atoms with Crippen molar-refractivity contribution in [1.82, 2.24) is 10.2 Å². The van der Waals surface area contributed by atoms with Crippen LogP contribution in [0.2, 0.25) is 0 Å². The van der Waals surface area contributed by atoms with Crippen LogP contribution in [0.25, 0.3) is 0 Å². The van der Waals surface area contributed by atoms with Crippen LogP contribution in [0.1, 0.15) is 18.4 Å². The Morgan fingerprint density at radius 2 is 2.05 bits per heavy atom. The molecule has 1 aliphatic heterocycles. The van der Waals surface area contributed by atoms with E-state index >= 15 is 0 Å². The lowest BCUT2D eigenvalue weighted by molar-refractivity contribution is 0.0899. The lowest BCUT2D eigenvalue weighted by atomic mass is 10.1. The Kier molecular flexibility index (Phi) is 5.82. The Morgan fingerprint density at radius 1 is 1.33 bits per heavy atom. The van der Waals surface area contributed by atoms with E-state index in [-0.39, 0.29) is 0 Å². The summed E-state index contributed by atoms with van der Waals surface area (Å²) < 4.78 is 5.73. The zero-order valence-electron chi connectivity index (χ0n) is 13.1. The van der Waals surface area contributed by atoms with Gasteiger partial charge in [-0.1, -0.05) is 12.1 Å². The van der Waals surface area contributed by atoms with Gasteiger partial charge < -0.3 is 19.9 Å². The van der Waals surface area contributed by atoms with E-state index in [2.05, 4.69) is 53.5 Å². The molecule has 1 aromatic carbocycles. The van der Waals surface area contributed by atoms with Crippen LogP contribution in [0.3, 0.4) is 0 Å². The Labute approximate surface area is 133 Å². The summed E-state index contributed by atoms with van der Waals surface area (Å²) in [7, 11) is 5.98. The maximum absolute atomic E-state index is 5.73. The van der Waals surface area contributed by atoms with Crippen molar-refractivity contribution in [3.8, 4) is 0 Å². The summed E-state index contributed by atoms with van der Waals surface area (Å²) in [5.41, 5.74) is 2.47. The number of hydrogen-bond donors (Lipinski definition) is 1. The molecule has 0 saturated carbocycles. The third kappa shape index (κ3) is 4.58. The van der Waals surface area contributed by atoms with E-state index in [4.69, 9.17) is 17.0 Å². The minimum absolute atomic E-state index is 0.303. The maximum Gasteiger partial charge on any atom is 0.169 e. The second-order valence-electron chi connectivity index (χ2n) is 5.63. The lowest BCUT2D eigenvalue weighted by Gasteiger charge is -2.27. The largest absolute Gasteiger partial charge is 0.378 e. The van der Waals surface area contributed by atoms with Crippen LogP contribution in [0.15, 0.2) is 24.3 Å². The molecule has 1 atom stereocenters. The van der Waals surface area contributed by atoms with E-state index in [1.54, 1.807) is 0 Å². The second kappa shape index (κ2) is 7.61. The van der Waals surface area contributed by atoms with Crippen LogP contribution in [0.5, 0.6) is 0 Å². The Bertz CT molecular complexity index is 455. The molecule has 1 saturated heterocycles. The van der Waals surface area contributed by atoms with Gasteiger partial charge in [-0.05, 0) is 42.8 Å². The van der Waals surface area contributed by atoms with Crippen molar-refractivity contribution in [3.05, 3.63) is 29.8 Å². The normalized spacial score (nSPS) is 17.6. The summed E-state index contributed by atoms with van der Waals surface area (Å²) >= 11 is 5.43. The molecule has 1 heterocycles. The number of thiocarbonyl (C=S) groups is 1. The number of anilines is 1. The fourth-order valence-corrected chi connectivity index (χ4v) is 2.67. The van der Waals surface area contributed by atoms with Crippen molar-refractivity contribution in [2.45, 2.75) is 25.5 Å². The fraction of sp³-hybridized carbons (Fsp3) is 0.562. The minimum Gasteiger partial charge on any atom is -0.378 e. The average molecular weight is 307 g/mol. The summed E-state index contributed by atoms with van der Waals surface area (Å²) in [6.45, 7) is 2.55. The van der Waals surface area contributed by atoms with Crippen LogP contribution in [0.4, 0.5) is 5.69 Å². The topological polar surface area (TPSA) is 27.7 Å². The molecule has 0 bridgehead atoms. The highest BCUT2D eigenvalue weighted by Gasteiger charge is 2.20. The van der Waals surface area contributed by atoms with Crippen LogP contribution in [-0.4, -0.2) is 50.4 Å². The van der Waals surface area contributed by atoms with Gasteiger partial charge in [0.15, 0.2) is 5.11 Å². The van der Waals surface area contributed by atoms with Crippen molar-refractivity contribution in [3.63, 3.8) is 0 Å². The molecule has 0 aromatic heterocycles. The van der Waals surface area contributed by atoms with Crippen molar-refractivity contribution >= 4 is 23.0 Å². The molecule has 0 aliphatic carbocycles. The summed E-state index contributed by atoms with van der Waals surface area (Å²) in [4.78, 5) is 4.29. The van der Waals surface area contributed by atoms with Crippen LogP contribution in [0, 0.1) is 0 Å². The molecule has 5 heteroatoms. The lowest BCUT2D eigenvalue weighted by Crippen LogP contribution is -2.41. The maximum atomic E-state index is 5.73. The van der Waals surface area contributed by atoms with E-state index in [1.165, 1.54) is 11.3 Å². The van der Waals surface area contributed by atoms with E-state index in [0.29, 0.717) is 6.10 Å². The van der Waals surface area contributed by atoms with Gasteiger partial charge in [-0.25, -0.2) is 0 Å². The van der Waals surface area contributed by atoms with Crippen molar-refractivity contribution < 1.29 is 4.74 Å². The highest BCUT2D eigenvalue weighted by Crippen LogP contribution is 2.17. The molecular weight excluding hydrogens is 282 g/mol.